The minimum Gasteiger partial charge on any atom is -0.360 e. The zero-order valence-electron chi connectivity index (χ0n) is 21.4. The van der Waals surface area contributed by atoms with Gasteiger partial charge in [-0.3, -0.25) is 0 Å². The number of rotatable bonds is 10. The van der Waals surface area contributed by atoms with Crippen LogP contribution in [-0.2, 0) is 10.2 Å². The van der Waals surface area contributed by atoms with Crippen molar-refractivity contribution in [3.63, 3.8) is 0 Å². The van der Waals surface area contributed by atoms with Crippen LogP contribution >= 0.6 is 0 Å². The summed E-state index contributed by atoms with van der Waals surface area (Å²) in [5.41, 5.74) is 3.81. The summed E-state index contributed by atoms with van der Waals surface area (Å²) in [5.74, 6) is 0. The Bertz CT molecular complexity index is 1170. The second-order valence-electron chi connectivity index (χ2n) is 9.12. The molecule has 3 aromatic rings. The first kappa shape index (κ1) is 27.6. The number of fused-ring (bicyclic) bond motifs is 1. The van der Waals surface area contributed by atoms with Crippen molar-refractivity contribution < 1.29 is 10.1 Å². The molecule has 0 aliphatic heterocycles. The predicted octanol–water partition coefficient (Wildman–Crippen LogP) is 6.78. The third-order valence-corrected chi connectivity index (χ3v) is 5.51. The number of aldehydes is 1. The van der Waals surface area contributed by atoms with E-state index >= 15 is 0 Å². The van der Waals surface area contributed by atoms with Crippen molar-refractivity contribution in [2.75, 3.05) is 11.9 Å². The highest BCUT2D eigenvalue weighted by atomic mass is 16.1. The smallest absolute Gasteiger partial charge is 0.133 e. The highest BCUT2D eigenvalue weighted by Gasteiger charge is 2.27. The van der Waals surface area contributed by atoms with Gasteiger partial charge >= 0.3 is 0 Å². The van der Waals surface area contributed by atoms with Crippen LogP contribution in [0.2, 0.25) is 0 Å². The fourth-order valence-corrected chi connectivity index (χ4v) is 3.92. The number of anilines is 1. The van der Waals surface area contributed by atoms with Crippen molar-refractivity contribution in [3.8, 4) is 6.07 Å². The van der Waals surface area contributed by atoms with Gasteiger partial charge in [0.2, 0.25) is 0 Å². The molecule has 0 radical (unpaired) electrons. The molecular formula is C31H38N3O+. The van der Waals surface area contributed by atoms with Crippen LogP contribution in [0.15, 0.2) is 90.7 Å². The molecule has 3 rings (SSSR count). The highest BCUT2D eigenvalue weighted by molar-refractivity contribution is 5.89. The first-order chi connectivity index (χ1) is 17.0. The Morgan fingerprint density at radius 3 is 2.40 bits per heavy atom. The number of quaternary nitrogens is 1. The van der Waals surface area contributed by atoms with Gasteiger partial charge in [-0.15, -0.1) is 0 Å². The summed E-state index contributed by atoms with van der Waals surface area (Å²) in [7, 11) is 0. The van der Waals surface area contributed by atoms with Crippen LogP contribution in [-0.4, -0.2) is 12.8 Å². The van der Waals surface area contributed by atoms with Gasteiger partial charge in [-0.05, 0) is 52.9 Å². The van der Waals surface area contributed by atoms with Crippen molar-refractivity contribution in [1.82, 2.24) is 0 Å². The third kappa shape index (κ3) is 8.55. The van der Waals surface area contributed by atoms with Crippen LogP contribution in [0.1, 0.15) is 52.5 Å². The van der Waals surface area contributed by atoms with E-state index in [1.807, 2.05) is 36.4 Å². The van der Waals surface area contributed by atoms with Crippen LogP contribution in [0.4, 0.5) is 11.4 Å². The predicted molar refractivity (Wildman–Crippen MR) is 148 cm³/mol. The minimum absolute atomic E-state index is 0.155. The zero-order valence-corrected chi connectivity index (χ0v) is 21.4. The highest BCUT2D eigenvalue weighted by Crippen LogP contribution is 2.37. The topological polar surface area (TPSA) is 69.5 Å². The number of nitriles is 1. The van der Waals surface area contributed by atoms with E-state index in [4.69, 9.17) is 0 Å². The molecule has 0 spiro atoms. The molecule has 0 aromatic heterocycles. The van der Waals surface area contributed by atoms with Crippen molar-refractivity contribution in [1.29, 1.82) is 5.26 Å². The lowest BCUT2D eigenvalue weighted by molar-refractivity contribution is -0.570. The number of hydrogen-bond donors (Lipinski definition) is 2. The van der Waals surface area contributed by atoms with Gasteiger partial charge in [-0.2, -0.15) is 5.26 Å². The molecule has 0 aliphatic rings. The summed E-state index contributed by atoms with van der Waals surface area (Å²) in [6, 6.07) is 24.7. The molecule has 0 aliphatic carbocycles. The van der Waals surface area contributed by atoms with E-state index in [0.29, 0.717) is 12.0 Å². The molecule has 0 saturated carbocycles. The van der Waals surface area contributed by atoms with E-state index < -0.39 is 0 Å². The molecule has 0 fully saturated rings. The van der Waals surface area contributed by atoms with Crippen LogP contribution < -0.4 is 10.6 Å². The second kappa shape index (κ2) is 14.6. The van der Waals surface area contributed by atoms with E-state index in [-0.39, 0.29) is 5.41 Å². The molecule has 0 saturated heterocycles. The maximum absolute atomic E-state index is 10.8. The number of hydrogen-bond acceptors (Lipinski definition) is 3. The fourth-order valence-electron chi connectivity index (χ4n) is 3.92. The molecule has 182 valence electrons. The first-order valence-electron chi connectivity index (χ1n) is 12.3. The Kier molecular flexibility index (Phi) is 11.5. The van der Waals surface area contributed by atoms with Crippen molar-refractivity contribution in [3.05, 3.63) is 96.2 Å². The SMILES string of the molecule is CC(C)(C/C=C/C(C#N)=C/Nc1ccccc1)c1c([NH2+]CCC=O)ccc2ccccc12.CCC. The lowest BCUT2D eigenvalue weighted by Crippen LogP contribution is -2.78. The Hall–Kier alpha value is -3.68. The van der Waals surface area contributed by atoms with Gasteiger partial charge in [-0.1, -0.05) is 82.7 Å². The van der Waals surface area contributed by atoms with Gasteiger partial charge < -0.3 is 15.4 Å². The fraction of sp³-hybridized carbons (Fsp3) is 0.290. The summed E-state index contributed by atoms with van der Waals surface area (Å²) in [4.78, 5) is 10.8. The minimum atomic E-state index is -0.155. The van der Waals surface area contributed by atoms with Gasteiger partial charge in [0, 0.05) is 17.5 Å². The maximum atomic E-state index is 10.8. The molecule has 3 N–H and O–H groups in total. The standard InChI is InChI=1S/C28H29N3O.C3H8/c1-28(2,17-8-10-22(20-29)21-31-24-12-4-3-5-13-24)27-25-14-7-6-11-23(25)15-16-26(27)30-18-9-19-32;1-3-2/h3-8,10-16,19,21,30-31H,9,17-18H2,1-2H3;3H2,1-2H3/p+1/b10-8+,22-21-;. The van der Waals surface area contributed by atoms with Crippen LogP contribution in [0, 0.1) is 11.3 Å². The zero-order chi connectivity index (χ0) is 25.5. The van der Waals surface area contributed by atoms with E-state index in [0.717, 1.165) is 24.9 Å². The van der Waals surface area contributed by atoms with Gasteiger partial charge in [0.05, 0.1) is 18.5 Å². The molecule has 35 heavy (non-hydrogen) atoms. The molecular weight excluding hydrogens is 430 g/mol. The number of benzene rings is 3. The van der Waals surface area contributed by atoms with Crippen LogP contribution in [0.25, 0.3) is 10.8 Å². The van der Waals surface area contributed by atoms with Gasteiger partial charge in [-0.25, -0.2) is 0 Å². The van der Waals surface area contributed by atoms with E-state index in [1.54, 1.807) is 6.20 Å². The number of nitrogens with two attached hydrogens (primary N) is 1. The number of nitrogens with zero attached hydrogens (tertiary/aromatic N) is 1. The molecule has 4 nitrogen and oxygen atoms in total. The van der Waals surface area contributed by atoms with Crippen LogP contribution in [0.3, 0.4) is 0 Å². The first-order valence-corrected chi connectivity index (χ1v) is 12.3. The van der Waals surface area contributed by atoms with Crippen LogP contribution in [0.5, 0.6) is 0 Å². The second-order valence-corrected chi connectivity index (χ2v) is 9.12. The Morgan fingerprint density at radius 1 is 1.03 bits per heavy atom. The molecule has 4 heteroatoms. The number of para-hydroxylation sites is 1. The number of carbonyl (C=O) groups excluding carboxylic acids is 1. The maximum Gasteiger partial charge on any atom is 0.133 e. The van der Waals surface area contributed by atoms with E-state index in [1.165, 1.54) is 28.4 Å². The number of carbonyl (C=O) groups is 1. The van der Waals surface area contributed by atoms with E-state index in [9.17, 15) is 10.1 Å². The van der Waals surface area contributed by atoms with Crippen molar-refractivity contribution in [2.45, 2.75) is 52.4 Å². The average molecular weight is 469 g/mol. The molecule has 0 bridgehead atoms. The molecule has 0 heterocycles. The summed E-state index contributed by atoms with van der Waals surface area (Å²) in [6.07, 6.45) is 9.19. The number of allylic oxidation sites excluding steroid dienone is 3. The average Bonchev–Trinajstić information content (AvgIpc) is 2.87. The Labute approximate surface area is 210 Å². The van der Waals surface area contributed by atoms with Gasteiger partial charge in [0.25, 0.3) is 0 Å². The summed E-state index contributed by atoms with van der Waals surface area (Å²) >= 11 is 0. The summed E-state index contributed by atoms with van der Waals surface area (Å²) < 4.78 is 0. The van der Waals surface area contributed by atoms with E-state index in [2.05, 4.69) is 86.9 Å². The molecule has 0 unspecified atom stereocenters. The number of nitrogens with one attached hydrogen (secondary N) is 1. The largest absolute Gasteiger partial charge is 0.360 e. The Balaban J connectivity index is 0.00000137. The molecule has 3 aromatic carbocycles. The third-order valence-electron chi connectivity index (χ3n) is 5.51. The summed E-state index contributed by atoms with van der Waals surface area (Å²) in [6.45, 7) is 9.44. The monoisotopic (exact) mass is 468 g/mol. The van der Waals surface area contributed by atoms with Gasteiger partial charge in [0.1, 0.15) is 18.0 Å². The lowest BCUT2D eigenvalue weighted by Gasteiger charge is -2.27. The lowest BCUT2D eigenvalue weighted by atomic mass is 9.78. The quantitative estimate of drug-likeness (QED) is 0.113. The van der Waals surface area contributed by atoms with Gasteiger partial charge in [0.15, 0.2) is 0 Å². The van der Waals surface area contributed by atoms with Crippen molar-refractivity contribution >= 4 is 28.4 Å². The summed E-state index contributed by atoms with van der Waals surface area (Å²) in [5, 5.41) is 17.3. The normalized spacial score (nSPS) is 11.6. The molecule has 0 amide bonds. The molecule has 0 atom stereocenters. The van der Waals surface area contributed by atoms with Crippen molar-refractivity contribution in [2.24, 2.45) is 0 Å². The Morgan fingerprint density at radius 2 is 1.71 bits per heavy atom.